The second-order valence-electron chi connectivity index (χ2n) is 3.63. The van der Waals surface area contributed by atoms with Crippen LogP contribution in [0.2, 0.25) is 0 Å². The van der Waals surface area contributed by atoms with Crippen molar-refractivity contribution >= 4 is 0 Å². The van der Waals surface area contributed by atoms with Crippen molar-refractivity contribution < 1.29 is 0 Å². The van der Waals surface area contributed by atoms with Gasteiger partial charge in [-0.1, -0.05) is 13.8 Å². The lowest BCUT2D eigenvalue weighted by Gasteiger charge is -2.42. The highest BCUT2D eigenvalue weighted by Crippen LogP contribution is 2.27. The molecule has 1 rings (SSSR count). The summed E-state index contributed by atoms with van der Waals surface area (Å²) in [4.78, 5) is 0. The molecule has 0 bridgehead atoms. The van der Waals surface area contributed by atoms with E-state index in [-0.39, 0.29) is 5.41 Å². The van der Waals surface area contributed by atoms with Gasteiger partial charge in [0.15, 0.2) is 0 Å². The highest BCUT2D eigenvalue weighted by atomic mass is 16.5. The van der Waals surface area contributed by atoms with E-state index in [1.54, 1.807) is 0 Å². The SMILES string of the molecule is CC1(C)CCCN([O-])C1. The standard InChI is InChI=1S/C7H14NO/c1-7(2)4-3-5-8(9)6-7/h3-6H2,1-2H3/q-1. The van der Waals surface area contributed by atoms with Crippen molar-refractivity contribution in [1.29, 1.82) is 0 Å². The largest absolute Gasteiger partial charge is 0.785 e. The summed E-state index contributed by atoms with van der Waals surface area (Å²) in [6.07, 6.45) is 2.27. The van der Waals surface area contributed by atoms with E-state index in [0.29, 0.717) is 6.54 Å². The molecule has 0 aliphatic carbocycles. The van der Waals surface area contributed by atoms with Gasteiger partial charge in [-0.25, -0.2) is 0 Å². The Kier molecular flexibility index (Phi) is 1.78. The van der Waals surface area contributed by atoms with Gasteiger partial charge in [-0.3, -0.25) is 0 Å². The average Bonchev–Trinajstić information content (AvgIpc) is 1.60. The van der Waals surface area contributed by atoms with Gasteiger partial charge in [0.2, 0.25) is 0 Å². The van der Waals surface area contributed by atoms with E-state index < -0.39 is 0 Å². The molecule has 2 nitrogen and oxygen atoms in total. The first-order valence-corrected chi connectivity index (χ1v) is 3.52. The molecule has 0 amide bonds. The van der Waals surface area contributed by atoms with Gasteiger partial charge in [-0.15, -0.1) is 0 Å². The molecule has 0 aromatic carbocycles. The number of hydrogen-bond acceptors (Lipinski definition) is 2. The summed E-state index contributed by atoms with van der Waals surface area (Å²) in [5.41, 5.74) is 0.264. The lowest BCUT2D eigenvalue weighted by molar-refractivity contribution is 0.161. The Hall–Kier alpha value is -0.0800. The molecule has 0 aromatic rings. The maximum absolute atomic E-state index is 10.8. The first kappa shape index (κ1) is 7.03. The number of piperidine rings is 1. The zero-order valence-electron chi connectivity index (χ0n) is 6.18. The molecule has 0 radical (unpaired) electrons. The molecule has 1 fully saturated rings. The lowest BCUT2D eigenvalue weighted by atomic mass is 9.85. The van der Waals surface area contributed by atoms with Crippen LogP contribution in [-0.4, -0.2) is 18.2 Å². The summed E-state index contributed by atoms with van der Waals surface area (Å²) in [6.45, 7) is 5.75. The van der Waals surface area contributed by atoms with Crippen LogP contribution in [0.4, 0.5) is 0 Å². The Morgan fingerprint density at radius 3 is 2.44 bits per heavy atom. The normalized spacial score (nSPS) is 28.3. The Balaban J connectivity index is 2.41. The molecule has 0 spiro atoms. The van der Waals surface area contributed by atoms with Crippen molar-refractivity contribution in [3.8, 4) is 0 Å². The van der Waals surface area contributed by atoms with E-state index >= 15 is 0 Å². The summed E-state index contributed by atoms with van der Waals surface area (Å²) in [5, 5.41) is 12.0. The van der Waals surface area contributed by atoms with E-state index in [1.807, 2.05) is 0 Å². The molecule has 1 aliphatic heterocycles. The van der Waals surface area contributed by atoms with Crippen molar-refractivity contribution in [2.24, 2.45) is 5.41 Å². The minimum Gasteiger partial charge on any atom is -0.785 e. The highest BCUT2D eigenvalue weighted by Gasteiger charge is 2.21. The van der Waals surface area contributed by atoms with Crippen molar-refractivity contribution in [3.05, 3.63) is 5.21 Å². The molecule has 0 N–H and O–H groups in total. The summed E-state index contributed by atoms with van der Waals surface area (Å²) in [6, 6.07) is 0. The molecule has 54 valence electrons. The molecule has 2 heteroatoms. The second-order valence-corrected chi connectivity index (χ2v) is 3.63. The van der Waals surface area contributed by atoms with Gasteiger partial charge < -0.3 is 10.3 Å². The van der Waals surface area contributed by atoms with Crippen LogP contribution in [0.3, 0.4) is 0 Å². The molecule has 0 atom stereocenters. The fourth-order valence-electron chi connectivity index (χ4n) is 1.37. The fourth-order valence-corrected chi connectivity index (χ4v) is 1.37. The van der Waals surface area contributed by atoms with Crippen LogP contribution in [-0.2, 0) is 0 Å². The molecular weight excluding hydrogens is 114 g/mol. The van der Waals surface area contributed by atoms with Gasteiger partial charge in [0.05, 0.1) is 0 Å². The lowest BCUT2D eigenvalue weighted by Crippen LogP contribution is -2.36. The van der Waals surface area contributed by atoms with E-state index in [9.17, 15) is 5.21 Å². The highest BCUT2D eigenvalue weighted by molar-refractivity contribution is 4.79. The predicted octanol–water partition coefficient (Wildman–Crippen LogP) is 1.61. The number of hydrogen-bond donors (Lipinski definition) is 0. The maximum Gasteiger partial charge on any atom is -0.00922 e. The topological polar surface area (TPSA) is 26.3 Å². The van der Waals surface area contributed by atoms with Crippen LogP contribution in [0, 0.1) is 10.6 Å². The van der Waals surface area contributed by atoms with Crippen LogP contribution in [0.5, 0.6) is 0 Å². The van der Waals surface area contributed by atoms with E-state index in [0.717, 1.165) is 13.0 Å². The van der Waals surface area contributed by atoms with E-state index in [4.69, 9.17) is 0 Å². The monoisotopic (exact) mass is 128 g/mol. The molecule has 1 heterocycles. The van der Waals surface area contributed by atoms with Gasteiger partial charge in [0.1, 0.15) is 0 Å². The summed E-state index contributed by atoms with van der Waals surface area (Å²) in [7, 11) is 0. The third kappa shape index (κ3) is 1.95. The van der Waals surface area contributed by atoms with Gasteiger partial charge in [-0.2, -0.15) is 0 Å². The summed E-state index contributed by atoms with van der Waals surface area (Å²) < 4.78 is 0. The first-order valence-electron chi connectivity index (χ1n) is 3.52. The molecule has 9 heavy (non-hydrogen) atoms. The Bertz CT molecular complexity index is 101. The van der Waals surface area contributed by atoms with Crippen molar-refractivity contribution in [2.75, 3.05) is 13.1 Å². The quantitative estimate of drug-likeness (QED) is 0.495. The third-order valence-corrected chi connectivity index (χ3v) is 1.87. The van der Waals surface area contributed by atoms with Gasteiger partial charge in [-0.05, 0) is 31.3 Å². The first-order chi connectivity index (χ1) is 4.10. The van der Waals surface area contributed by atoms with Gasteiger partial charge >= 0.3 is 0 Å². The summed E-state index contributed by atoms with van der Waals surface area (Å²) in [5.74, 6) is 0. The van der Waals surface area contributed by atoms with Crippen molar-refractivity contribution in [1.82, 2.24) is 5.06 Å². The third-order valence-electron chi connectivity index (χ3n) is 1.87. The zero-order valence-corrected chi connectivity index (χ0v) is 6.18. The van der Waals surface area contributed by atoms with Crippen LogP contribution >= 0.6 is 0 Å². The second kappa shape index (κ2) is 2.27. The fraction of sp³-hybridized carbons (Fsp3) is 1.00. The smallest absolute Gasteiger partial charge is 0.00922 e. The van der Waals surface area contributed by atoms with E-state index in [1.165, 1.54) is 11.5 Å². The molecular formula is C7H14NO-. The number of hydroxylamine groups is 2. The molecule has 1 saturated heterocycles. The van der Waals surface area contributed by atoms with Crippen LogP contribution < -0.4 is 0 Å². The van der Waals surface area contributed by atoms with Gasteiger partial charge in [0, 0.05) is 0 Å². The minimum absolute atomic E-state index is 0.264. The molecule has 0 unspecified atom stereocenters. The molecule has 0 aromatic heterocycles. The predicted molar refractivity (Wildman–Crippen MR) is 38.0 cm³/mol. The molecule has 0 saturated carbocycles. The van der Waals surface area contributed by atoms with Crippen molar-refractivity contribution in [3.63, 3.8) is 0 Å². The minimum atomic E-state index is 0.264. The van der Waals surface area contributed by atoms with Gasteiger partial charge in [0.25, 0.3) is 0 Å². The van der Waals surface area contributed by atoms with Crippen LogP contribution in [0.1, 0.15) is 26.7 Å². The Morgan fingerprint density at radius 1 is 1.44 bits per heavy atom. The Labute approximate surface area is 56.4 Å². The maximum atomic E-state index is 10.8. The van der Waals surface area contributed by atoms with Crippen LogP contribution in [0.15, 0.2) is 0 Å². The average molecular weight is 128 g/mol. The molecule has 1 aliphatic rings. The number of rotatable bonds is 0. The number of nitrogens with zero attached hydrogens (tertiary/aromatic N) is 1. The van der Waals surface area contributed by atoms with E-state index in [2.05, 4.69) is 13.8 Å². The van der Waals surface area contributed by atoms with Crippen molar-refractivity contribution in [2.45, 2.75) is 26.7 Å². The summed E-state index contributed by atoms with van der Waals surface area (Å²) >= 11 is 0. The zero-order chi connectivity index (χ0) is 6.91. The van der Waals surface area contributed by atoms with Crippen LogP contribution in [0.25, 0.3) is 0 Å². The Morgan fingerprint density at radius 2 is 2.11 bits per heavy atom.